The van der Waals surface area contributed by atoms with Crippen LogP contribution in [0.1, 0.15) is 38.7 Å². The fourth-order valence-electron chi connectivity index (χ4n) is 2.74. The lowest BCUT2D eigenvalue weighted by Crippen LogP contribution is -2.33. The van der Waals surface area contributed by atoms with E-state index in [0.29, 0.717) is 0 Å². The van der Waals surface area contributed by atoms with Gasteiger partial charge in [-0.3, -0.25) is 0 Å². The Morgan fingerprint density at radius 1 is 1.42 bits per heavy atom. The first-order chi connectivity index (χ1) is 9.10. The predicted octanol–water partition coefficient (Wildman–Crippen LogP) is 3.97. The van der Waals surface area contributed by atoms with Gasteiger partial charge in [0.2, 0.25) is 0 Å². The number of nitrogens with two attached hydrogens (primary N) is 1. The summed E-state index contributed by atoms with van der Waals surface area (Å²) in [5.41, 5.74) is 8.72. The van der Waals surface area contributed by atoms with Crippen LogP contribution in [0.25, 0.3) is 0 Å². The molecular weight excluding hydrogens is 300 g/mol. The van der Waals surface area contributed by atoms with E-state index < -0.39 is 0 Å². The average molecular weight is 325 g/mol. The van der Waals surface area contributed by atoms with E-state index in [1.54, 1.807) is 0 Å². The lowest BCUT2D eigenvalue weighted by molar-refractivity contribution is 0.318. The zero-order valence-electron chi connectivity index (χ0n) is 12.0. The van der Waals surface area contributed by atoms with Gasteiger partial charge in [-0.25, -0.2) is 0 Å². The monoisotopic (exact) mass is 324 g/mol. The van der Waals surface area contributed by atoms with Gasteiger partial charge < -0.3 is 10.6 Å². The summed E-state index contributed by atoms with van der Waals surface area (Å²) in [7, 11) is 0. The van der Waals surface area contributed by atoms with Gasteiger partial charge in [-0.15, -0.1) is 0 Å². The van der Waals surface area contributed by atoms with Crippen molar-refractivity contribution in [3.8, 4) is 0 Å². The smallest absolute Gasteiger partial charge is 0.0410 e. The van der Waals surface area contributed by atoms with Gasteiger partial charge in [0.1, 0.15) is 0 Å². The van der Waals surface area contributed by atoms with Crippen LogP contribution in [0, 0.1) is 5.92 Å². The van der Waals surface area contributed by atoms with Crippen molar-refractivity contribution in [2.24, 2.45) is 11.7 Å². The standard InChI is InChI=1S/C16H25BrN2/c1-3-19(11-13-5-4-6-13)16-10-15(17)8-7-14(16)9-12(2)18/h7-8,10,12-13H,3-6,9,11,18H2,1-2H3. The van der Waals surface area contributed by atoms with Crippen molar-refractivity contribution in [2.45, 2.75) is 45.6 Å². The van der Waals surface area contributed by atoms with Gasteiger partial charge in [0.25, 0.3) is 0 Å². The van der Waals surface area contributed by atoms with E-state index in [2.05, 4.69) is 52.9 Å². The van der Waals surface area contributed by atoms with Crippen LogP contribution < -0.4 is 10.6 Å². The fraction of sp³-hybridized carbons (Fsp3) is 0.625. The second-order valence-corrected chi connectivity index (χ2v) is 6.71. The quantitative estimate of drug-likeness (QED) is 0.858. The van der Waals surface area contributed by atoms with Gasteiger partial charge >= 0.3 is 0 Å². The van der Waals surface area contributed by atoms with Crippen LogP contribution in [0.5, 0.6) is 0 Å². The molecule has 19 heavy (non-hydrogen) atoms. The van der Waals surface area contributed by atoms with E-state index in [9.17, 15) is 0 Å². The summed E-state index contributed by atoms with van der Waals surface area (Å²) in [6.45, 7) is 6.58. The summed E-state index contributed by atoms with van der Waals surface area (Å²) >= 11 is 3.60. The number of hydrogen-bond donors (Lipinski definition) is 1. The summed E-state index contributed by atoms with van der Waals surface area (Å²) in [4.78, 5) is 2.52. The highest BCUT2D eigenvalue weighted by Crippen LogP contribution is 2.31. The van der Waals surface area contributed by atoms with Gasteiger partial charge in [-0.05, 0) is 56.7 Å². The molecule has 1 saturated carbocycles. The molecule has 1 aliphatic rings. The minimum Gasteiger partial charge on any atom is -0.371 e. The zero-order chi connectivity index (χ0) is 13.8. The van der Waals surface area contributed by atoms with Gasteiger partial charge in [-0.1, -0.05) is 28.4 Å². The molecule has 2 N–H and O–H groups in total. The molecule has 1 aromatic carbocycles. The van der Waals surface area contributed by atoms with Crippen LogP contribution in [-0.4, -0.2) is 19.1 Å². The van der Waals surface area contributed by atoms with E-state index in [4.69, 9.17) is 5.73 Å². The largest absolute Gasteiger partial charge is 0.371 e. The molecular formula is C16H25BrN2. The van der Waals surface area contributed by atoms with Crippen LogP contribution in [0.3, 0.4) is 0 Å². The number of hydrogen-bond acceptors (Lipinski definition) is 2. The molecule has 0 aromatic heterocycles. The molecule has 106 valence electrons. The topological polar surface area (TPSA) is 29.3 Å². The predicted molar refractivity (Wildman–Crippen MR) is 86.7 cm³/mol. The van der Waals surface area contributed by atoms with Crippen molar-refractivity contribution < 1.29 is 0 Å². The van der Waals surface area contributed by atoms with Crippen LogP contribution in [0.4, 0.5) is 5.69 Å². The highest BCUT2D eigenvalue weighted by molar-refractivity contribution is 9.10. The van der Waals surface area contributed by atoms with Crippen molar-refractivity contribution in [1.82, 2.24) is 0 Å². The summed E-state index contributed by atoms with van der Waals surface area (Å²) < 4.78 is 1.16. The number of anilines is 1. The molecule has 0 aliphatic heterocycles. The Hall–Kier alpha value is -0.540. The third kappa shape index (κ3) is 3.96. The number of benzene rings is 1. The zero-order valence-corrected chi connectivity index (χ0v) is 13.6. The van der Waals surface area contributed by atoms with Gasteiger partial charge in [0.05, 0.1) is 0 Å². The lowest BCUT2D eigenvalue weighted by atomic mass is 9.85. The Morgan fingerprint density at radius 3 is 2.68 bits per heavy atom. The maximum absolute atomic E-state index is 5.98. The van der Waals surface area contributed by atoms with E-state index in [0.717, 1.165) is 23.4 Å². The maximum Gasteiger partial charge on any atom is 0.0410 e. The van der Waals surface area contributed by atoms with E-state index in [1.165, 1.54) is 37.1 Å². The molecule has 1 unspecified atom stereocenters. The van der Waals surface area contributed by atoms with Gasteiger partial charge in [-0.2, -0.15) is 0 Å². The van der Waals surface area contributed by atoms with Gasteiger partial charge in [0, 0.05) is 29.3 Å². The third-order valence-electron chi connectivity index (χ3n) is 4.01. The molecule has 1 aliphatic carbocycles. The molecule has 2 nitrogen and oxygen atoms in total. The minimum absolute atomic E-state index is 0.210. The minimum atomic E-state index is 0.210. The fourth-order valence-corrected chi connectivity index (χ4v) is 3.08. The van der Waals surface area contributed by atoms with Crippen molar-refractivity contribution >= 4 is 21.6 Å². The molecule has 1 aromatic rings. The molecule has 3 heteroatoms. The van der Waals surface area contributed by atoms with Crippen molar-refractivity contribution in [1.29, 1.82) is 0 Å². The van der Waals surface area contributed by atoms with E-state index >= 15 is 0 Å². The SMILES string of the molecule is CCN(CC1CCC1)c1cc(Br)ccc1CC(C)N. The molecule has 0 heterocycles. The van der Waals surface area contributed by atoms with Crippen molar-refractivity contribution in [2.75, 3.05) is 18.0 Å². The molecule has 0 bridgehead atoms. The Kier molecular flexibility index (Phi) is 5.28. The third-order valence-corrected chi connectivity index (χ3v) is 4.51. The Labute approximate surface area is 125 Å². The first kappa shape index (κ1) is 14.9. The molecule has 2 rings (SSSR count). The first-order valence-electron chi connectivity index (χ1n) is 7.39. The molecule has 0 amide bonds. The molecule has 1 atom stereocenters. The molecule has 0 radical (unpaired) electrons. The van der Waals surface area contributed by atoms with Crippen LogP contribution in [0.15, 0.2) is 22.7 Å². The molecule has 0 saturated heterocycles. The van der Waals surface area contributed by atoms with Crippen LogP contribution in [0.2, 0.25) is 0 Å². The van der Waals surface area contributed by atoms with Gasteiger partial charge in [0.15, 0.2) is 0 Å². The maximum atomic E-state index is 5.98. The van der Waals surface area contributed by atoms with Crippen molar-refractivity contribution in [3.63, 3.8) is 0 Å². The normalized spacial score (nSPS) is 17.1. The second-order valence-electron chi connectivity index (χ2n) is 5.79. The van der Waals surface area contributed by atoms with E-state index in [-0.39, 0.29) is 6.04 Å². The Bertz CT molecular complexity index is 413. The summed E-state index contributed by atoms with van der Waals surface area (Å²) in [5.74, 6) is 0.891. The lowest BCUT2D eigenvalue weighted by Gasteiger charge is -2.34. The summed E-state index contributed by atoms with van der Waals surface area (Å²) in [5, 5.41) is 0. The van der Waals surface area contributed by atoms with Crippen LogP contribution in [-0.2, 0) is 6.42 Å². The number of halogens is 1. The average Bonchev–Trinajstić information content (AvgIpc) is 2.30. The highest BCUT2D eigenvalue weighted by Gasteiger charge is 2.21. The molecule has 1 fully saturated rings. The van der Waals surface area contributed by atoms with Crippen LogP contribution >= 0.6 is 15.9 Å². The summed E-state index contributed by atoms with van der Waals surface area (Å²) in [6, 6.07) is 6.80. The first-order valence-corrected chi connectivity index (χ1v) is 8.18. The highest BCUT2D eigenvalue weighted by atomic mass is 79.9. The summed E-state index contributed by atoms with van der Waals surface area (Å²) in [6.07, 6.45) is 5.15. The van der Waals surface area contributed by atoms with E-state index in [1.807, 2.05) is 0 Å². The Balaban J connectivity index is 2.20. The Morgan fingerprint density at radius 2 is 2.16 bits per heavy atom. The van der Waals surface area contributed by atoms with Crippen molar-refractivity contribution in [3.05, 3.63) is 28.2 Å². The molecule has 0 spiro atoms. The number of rotatable bonds is 6. The second kappa shape index (κ2) is 6.76. The number of nitrogens with zero attached hydrogens (tertiary/aromatic N) is 1.